The summed E-state index contributed by atoms with van der Waals surface area (Å²) in [5, 5.41) is 21.5. The molecule has 0 bridgehead atoms. The van der Waals surface area contributed by atoms with Gasteiger partial charge < -0.3 is 19.4 Å². The summed E-state index contributed by atoms with van der Waals surface area (Å²) in [5.41, 5.74) is 4.26. The van der Waals surface area contributed by atoms with E-state index in [4.69, 9.17) is 14.1 Å². The van der Waals surface area contributed by atoms with Crippen LogP contribution in [0.5, 0.6) is 5.75 Å². The highest BCUT2D eigenvalue weighted by Gasteiger charge is 2.19. The fraction of sp³-hybridized carbons (Fsp3) is 0.190. The number of methoxy groups -OCH3 is 1. The third-order valence-corrected chi connectivity index (χ3v) is 4.70. The summed E-state index contributed by atoms with van der Waals surface area (Å²) in [6.07, 6.45) is -1.63. The molecule has 5 nitrogen and oxygen atoms in total. The van der Waals surface area contributed by atoms with E-state index in [1.807, 2.05) is 44.2 Å². The van der Waals surface area contributed by atoms with E-state index in [0.717, 1.165) is 22.1 Å². The predicted molar refractivity (Wildman–Crippen MR) is 100 cm³/mol. The number of rotatable bonds is 3. The monoisotopic (exact) mass is 349 g/mol. The molecule has 0 radical (unpaired) electrons. The molecule has 132 valence electrons. The Morgan fingerprint density at radius 2 is 1.81 bits per heavy atom. The van der Waals surface area contributed by atoms with Crippen molar-refractivity contribution in [2.45, 2.75) is 20.1 Å². The molecule has 2 aromatic heterocycles. The van der Waals surface area contributed by atoms with Gasteiger partial charge in [-0.1, -0.05) is 18.2 Å². The van der Waals surface area contributed by atoms with Crippen LogP contribution in [0.1, 0.15) is 23.0 Å². The molecule has 0 unspecified atom stereocenters. The number of aliphatic hydroxyl groups excluding tert-OH is 1. The summed E-state index contributed by atoms with van der Waals surface area (Å²) in [5.74, 6) is 1.27. The Morgan fingerprint density at radius 3 is 2.50 bits per heavy atom. The van der Waals surface area contributed by atoms with Crippen molar-refractivity contribution in [3.8, 4) is 17.2 Å². The van der Waals surface area contributed by atoms with E-state index >= 15 is 0 Å². The van der Waals surface area contributed by atoms with Gasteiger partial charge in [-0.3, -0.25) is 0 Å². The van der Waals surface area contributed by atoms with Crippen LogP contribution in [0.25, 0.3) is 33.3 Å². The van der Waals surface area contributed by atoms with Crippen molar-refractivity contribution >= 4 is 21.9 Å². The SMILES string of the molecule is COc1cc(C)c2nc(-c3oc4ccccc4c3C)cc(C(O)O)c2c1. The number of hydrogen-bond donors (Lipinski definition) is 2. The second-order valence-corrected chi connectivity index (χ2v) is 6.36. The highest BCUT2D eigenvalue weighted by molar-refractivity contribution is 5.91. The number of fused-ring (bicyclic) bond motifs is 2. The van der Waals surface area contributed by atoms with Gasteiger partial charge in [0.15, 0.2) is 12.1 Å². The number of hydrogen-bond acceptors (Lipinski definition) is 5. The second kappa shape index (κ2) is 6.12. The zero-order valence-corrected chi connectivity index (χ0v) is 14.8. The first-order chi connectivity index (χ1) is 12.5. The predicted octanol–water partition coefficient (Wildman–Crippen LogP) is 4.26. The molecule has 0 aliphatic carbocycles. The summed E-state index contributed by atoms with van der Waals surface area (Å²) in [7, 11) is 1.58. The van der Waals surface area contributed by atoms with Gasteiger partial charge in [0.1, 0.15) is 17.0 Å². The molecule has 0 spiro atoms. The molecule has 2 aromatic carbocycles. The number of benzene rings is 2. The lowest BCUT2D eigenvalue weighted by Crippen LogP contribution is -2.01. The first kappa shape index (κ1) is 16.6. The lowest BCUT2D eigenvalue weighted by atomic mass is 10.0. The van der Waals surface area contributed by atoms with Crippen molar-refractivity contribution in [3.05, 3.63) is 59.2 Å². The Morgan fingerprint density at radius 1 is 1.04 bits per heavy atom. The van der Waals surface area contributed by atoms with Gasteiger partial charge in [0.05, 0.1) is 12.6 Å². The summed E-state index contributed by atoms with van der Waals surface area (Å²) < 4.78 is 11.3. The molecule has 0 saturated carbocycles. The first-order valence-corrected chi connectivity index (χ1v) is 8.33. The Kier molecular flexibility index (Phi) is 3.90. The van der Waals surface area contributed by atoms with E-state index in [0.29, 0.717) is 33.7 Å². The third kappa shape index (κ3) is 2.53. The van der Waals surface area contributed by atoms with E-state index in [1.165, 1.54) is 0 Å². The van der Waals surface area contributed by atoms with Crippen LogP contribution in [0.4, 0.5) is 0 Å². The summed E-state index contributed by atoms with van der Waals surface area (Å²) >= 11 is 0. The molecule has 0 fully saturated rings. The summed E-state index contributed by atoms with van der Waals surface area (Å²) in [4.78, 5) is 4.75. The van der Waals surface area contributed by atoms with Crippen molar-refractivity contribution in [3.63, 3.8) is 0 Å². The van der Waals surface area contributed by atoms with E-state index in [9.17, 15) is 10.2 Å². The molecule has 2 heterocycles. The number of aromatic nitrogens is 1. The maximum Gasteiger partial charge on any atom is 0.179 e. The molecule has 4 rings (SSSR count). The average Bonchev–Trinajstić information content (AvgIpc) is 2.98. The molecule has 5 heteroatoms. The van der Waals surface area contributed by atoms with Crippen LogP contribution in [-0.2, 0) is 0 Å². The van der Waals surface area contributed by atoms with Gasteiger partial charge in [-0.25, -0.2) is 4.98 Å². The smallest absolute Gasteiger partial charge is 0.179 e. The summed E-state index contributed by atoms with van der Waals surface area (Å²) in [6.45, 7) is 3.89. The van der Waals surface area contributed by atoms with Gasteiger partial charge in [0.2, 0.25) is 0 Å². The van der Waals surface area contributed by atoms with Crippen molar-refractivity contribution in [1.82, 2.24) is 4.98 Å². The molecule has 26 heavy (non-hydrogen) atoms. The lowest BCUT2D eigenvalue weighted by Gasteiger charge is -2.13. The number of para-hydroxylation sites is 1. The van der Waals surface area contributed by atoms with Gasteiger partial charge in [-0.2, -0.15) is 0 Å². The maximum absolute atomic E-state index is 9.91. The van der Waals surface area contributed by atoms with Gasteiger partial charge in [0, 0.05) is 21.9 Å². The molecule has 0 aliphatic rings. The molecule has 2 N–H and O–H groups in total. The minimum atomic E-state index is -1.63. The number of aryl methyl sites for hydroxylation is 2. The largest absolute Gasteiger partial charge is 0.497 e. The van der Waals surface area contributed by atoms with Crippen molar-refractivity contribution in [1.29, 1.82) is 0 Å². The molecule has 0 aliphatic heterocycles. The van der Waals surface area contributed by atoms with Crippen LogP contribution in [0.2, 0.25) is 0 Å². The van der Waals surface area contributed by atoms with Crippen molar-refractivity contribution < 1.29 is 19.4 Å². The topological polar surface area (TPSA) is 75.7 Å². The minimum absolute atomic E-state index is 0.367. The van der Waals surface area contributed by atoms with Crippen LogP contribution in [-0.4, -0.2) is 22.3 Å². The van der Waals surface area contributed by atoms with Gasteiger partial charge in [0.25, 0.3) is 0 Å². The van der Waals surface area contributed by atoms with Crippen LogP contribution in [0.3, 0.4) is 0 Å². The van der Waals surface area contributed by atoms with Crippen LogP contribution in [0, 0.1) is 13.8 Å². The van der Waals surface area contributed by atoms with E-state index < -0.39 is 6.29 Å². The normalized spacial score (nSPS) is 11.6. The Bertz CT molecular complexity index is 1130. The number of furan rings is 1. The standard InChI is InChI=1S/C21H19NO4/c1-11-8-13(25-3)9-15-16(21(23)24)10-17(22-19(11)15)20-12(2)14-6-4-5-7-18(14)26-20/h4-10,21,23-24H,1-3H3. The van der Waals surface area contributed by atoms with E-state index in [2.05, 4.69) is 0 Å². The van der Waals surface area contributed by atoms with E-state index in [1.54, 1.807) is 19.2 Å². The molecular formula is C21H19NO4. The maximum atomic E-state index is 9.91. The minimum Gasteiger partial charge on any atom is -0.497 e. The fourth-order valence-electron chi connectivity index (χ4n) is 3.36. The molecule has 0 amide bonds. The lowest BCUT2D eigenvalue weighted by molar-refractivity contribution is -0.0413. The van der Waals surface area contributed by atoms with Crippen LogP contribution >= 0.6 is 0 Å². The number of nitrogens with zero attached hydrogens (tertiary/aromatic N) is 1. The molecule has 0 atom stereocenters. The highest BCUT2D eigenvalue weighted by atomic mass is 16.5. The van der Waals surface area contributed by atoms with Crippen molar-refractivity contribution in [2.24, 2.45) is 0 Å². The average molecular weight is 349 g/mol. The molecule has 0 saturated heterocycles. The quantitative estimate of drug-likeness (QED) is 0.541. The van der Waals surface area contributed by atoms with Crippen LogP contribution in [0.15, 0.2) is 46.9 Å². The Hall–Kier alpha value is -2.89. The van der Waals surface area contributed by atoms with Gasteiger partial charge in [-0.05, 0) is 43.7 Å². The zero-order valence-electron chi connectivity index (χ0n) is 14.8. The number of aliphatic hydroxyl groups is 2. The Labute approximate surface area is 150 Å². The summed E-state index contributed by atoms with van der Waals surface area (Å²) in [6, 6.07) is 13.1. The molecular weight excluding hydrogens is 330 g/mol. The fourth-order valence-corrected chi connectivity index (χ4v) is 3.36. The van der Waals surface area contributed by atoms with Crippen LogP contribution < -0.4 is 4.74 Å². The van der Waals surface area contributed by atoms with E-state index in [-0.39, 0.29) is 0 Å². The first-order valence-electron chi connectivity index (χ1n) is 8.33. The number of pyridine rings is 1. The van der Waals surface area contributed by atoms with Gasteiger partial charge in [-0.15, -0.1) is 0 Å². The molecule has 4 aromatic rings. The van der Waals surface area contributed by atoms with Gasteiger partial charge >= 0.3 is 0 Å². The number of ether oxygens (including phenoxy) is 1. The third-order valence-electron chi connectivity index (χ3n) is 4.70. The Balaban J connectivity index is 2.04. The second-order valence-electron chi connectivity index (χ2n) is 6.36. The zero-order chi connectivity index (χ0) is 18.4. The highest BCUT2D eigenvalue weighted by Crippen LogP contribution is 2.36. The van der Waals surface area contributed by atoms with Crippen molar-refractivity contribution in [2.75, 3.05) is 7.11 Å².